The first-order chi connectivity index (χ1) is 9.63. The maximum atomic E-state index is 11.8. The molecule has 3 atom stereocenters. The van der Waals surface area contributed by atoms with Crippen molar-refractivity contribution in [2.75, 3.05) is 0 Å². The molecule has 1 saturated carbocycles. The molecule has 1 aliphatic carbocycles. The number of amides is 1. The van der Waals surface area contributed by atoms with Crippen molar-refractivity contribution in [2.24, 2.45) is 5.92 Å². The van der Waals surface area contributed by atoms with Crippen molar-refractivity contribution in [3.63, 3.8) is 0 Å². The van der Waals surface area contributed by atoms with Gasteiger partial charge >= 0.3 is 0 Å². The summed E-state index contributed by atoms with van der Waals surface area (Å²) in [7, 11) is 0. The van der Waals surface area contributed by atoms with Crippen molar-refractivity contribution in [1.29, 1.82) is 5.26 Å². The van der Waals surface area contributed by atoms with Crippen molar-refractivity contribution >= 4 is 5.91 Å². The van der Waals surface area contributed by atoms with E-state index < -0.39 is 0 Å². The Morgan fingerprint density at radius 3 is 2.95 bits per heavy atom. The minimum absolute atomic E-state index is 0.0808. The summed E-state index contributed by atoms with van der Waals surface area (Å²) in [6, 6.07) is 5.72. The number of nitriles is 1. The molecule has 108 valence electrons. The molecule has 0 aliphatic heterocycles. The smallest absolute Gasteiger partial charge is 0.221 e. The quantitative estimate of drug-likeness (QED) is 0.830. The molecule has 0 unspecified atom stereocenters. The lowest BCUT2D eigenvalue weighted by Gasteiger charge is -2.09. The van der Waals surface area contributed by atoms with Gasteiger partial charge in [0.2, 0.25) is 5.91 Å². The summed E-state index contributed by atoms with van der Waals surface area (Å²) in [5.41, 5.74) is 0. The maximum absolute atomic E-state index is 11.8. The molecule has 1 aromatic heterocycles. The van der Waals surface area contributed by atoms with Gasteiger partial charge in [0.05, 0.1) is 6.07 Å². The van der Waals surface area contributed by atoms with Gasteiger partial charge in [-0.25, -0.2) is 0 Å². The van der Waals surface area contributed by atoms with Crippen LogP contribution < -0.4 is 5.32 Å². The van der Waals surface area contributed by atoms with E-state index in [1.807, 2.05) is 19.1 Å². The van der Waals surface area contributed by atoms with E-state index in [1.54, 1.807) is 0 Å². The van der Waals surface area contributed by atoms with E-state index in [0.717, 1.165) is 23.9 Å². The molecule has 1 amide bonds. The Bertz CT molecular complexity index is 501. The fourth-order valence-corrected chi connectivity index (χ4v) is 2.41. The van der Waals surface area contributed by atoms with Crippen LogP contribution in [0.15, 0.2) is 16.5 Å². The normalized spacial score (nSPS) is 22.1. The van der Waals surface area contributed by atoms with Gasteiger partial charge < -0.3 is 9.73 Å². The number of carbonyl (C=O) groups is 1. The lowest BCUT2D eigenvalue weighted by Crippen LogP contribution is -2.33. The fourth-order valence-electron chi connectivity index (χ4n) is 2.41. The second-order valence-corrected chi connectivity index (χ2v) is 5.66. The van der Waals surface area contributed by atoms with E-state index in [-0.39, 0.29) is 11.9 Å². The van der Waals surface area contributed by atoms with Crippen LogP contribution >= 0.6 is 0 Å². The summed E-state index contributed by atoms with van der Waals surface area (Å²) in [6.07, 6.45) is 3.76. The third-order valence-electron chi connectivity index (χ3n) is 3.82. The molecule has 0 radical (unpaired) electrons. The van der Waals surface area contributed by atoms with Crippen molar-refractivity contribution in [2.45, 2.75) is 57.9 Å². The van der Waals surface area contributed by atoms with Crippen LogP contribution in [-0.2, 0) is 11.2 Å². The SMILES string of the molecule is CCC[C@H](C#N)NC(=O)CCc1ccc([C@H]2C[C@@H]2C)o1. The second kappa shape index (κ2) is 6.60. The molecule has 1 N–H and O–H groups in total. The van der Waals surface area contributed by atoms with E-state index >= 15 is 0 Å². The molecule has 4 nitrogen and oxygen atoms in total. The van der Waals surface area contributed by atoms with Gasteiger partial charge in [-0.15, -0.1) is 0 Å². The highest BCUT2D eigenvalue weighted by Gasteiger charge is 2.36. The Balaban J connectivity index is 1.75. The number of hydrogen-bond donors (Lipinski definition) is 1. The van der Waals surface area contributed by atoms with Crippen LogP contribution in [0.5, 0.6) is 0 Å². The number of carbonyl (C=O) groups excluding carboxylic acids is 1. The minimum atomic E-state index is -0.369. The lowest BCUT2D eigenvalue weighted by molar-refractivity contribution is -0.121. The van der Waals surface area contributed by atoms with Crippen LogP contribution in [0.2, 0.25) is 0 Å². The molecule has 1 aliphatic rings. The van der Waals surface area contributed by atoms with E-state index in [0.29, 0.717) is 25.2 Å². The molecule has 0 spiro atoms. The number of hydrogen-bond acceptors (Lipinski definition) is 3. The standard InChI is InChI=1S/C16H22N2O2/c1-3-4-12(10-17)18-16(19)8-6-13-5-7-15(20-13)14-9-11(14)2/h5,7,11-12,14H,3-4,6,8-9H2,1-2H3,(H,18,19)/t11-,12+,14-/m0/s1. The second-order valence-electron chi connectivity index (χ2n) is 5.66. The Morgan fingerprint density at radius 2 is 2.35 bits per heavy atom. The minimum Gasteiger partial charge on any atom is -0.466 e. The maximum Gasteiger partial charge on any atom is 0.221 e. The first-order valence-corrected chi connectivity index (χ1v) is 7.41. The average Bonchev–Trinajstić information content (AvgIpc) is 2.99. The molecule has 4 heteroatoms. The number of rotatable bonds is 7. The van der Waals surface area contributed by atoms with E-state index in [2.05, 4.69) is 18.3 Å². The Hall–Kier alpha value is -1.76. The molecule has 2 rings (SSSR count). The first kappa shape index (κ1) is 14.6. The number of nitrogens with one attached hydrogen (secondary N) is 1. The highest BCUT2D eigenvalue weighted by Crippen LogP contribution is 2.47. The monoisotopic (exact) mass is 274 g/mol. The Morgan fingerprint density at radius 1 is 1.60 bits per heavy atom. The van der Waals surface area contributed by atoms with Gasteiger partial charge in [0, 0.05) is 18.8 Å². The molecule has 20 heavy (non-hydrogen) atoms. The highest BCUT2D eigenvalue weighted by atomic mass is 16.3. The molecule has 1 fully saturated rings. The highest BCUT2D eigenvalue weighted by molar-refractivity contribution is 5.76. The molecule has 1 heterocycles. The summed E-state index contributed by atoms with van der Waals surface area (Å²) in [5.74, 6) is 3.13. The van der Waals surface area contributed by atoms with Crippen LogP contribution in [0.3, 0.4) is 0 Å². The summed E-state index contributed by atoms with van der Waals surface area (Å²) >= 11 is 0. The zero-order valence-corrected chi connectivity index (χ0v) is 12.2. The van der Waals surface area contributed by atoms with Gasteiger partial charge in [-0.2, -0.15) is 5.26 Å². The summed E-state index contributed by atoms with van der Waals surface area (Å²) < 4.78 is 5.76. The van der Waals surface area contributed by atoms with Crippen LogP contribution in [-0.4, -0.2) is 11.9 Å². The van der Waals surface area contributed by atoms with E-state index in [9.17, 15) is 4.79 Å². The van der Waals surface area contributed by atoms with Crippen molar-refractivity contribution in [1.82, 2.24) is 5.32 Å². The molecule has 0 saturated heterocycles. The van der Waals surface area contributed by atoms with Crippen molar-refractivity contribution in [3.8, 4) is 6.07 Å². The zero-order valence-electron chi connectivity index (χ0n) is 12.2. The van der Waals surface area contributed by atoms with E-state index in [1.165, 1.54) is 6.42 Å². The Kier molecular flexibility index (Phi) is 4.84. The lowest BCUT2D eigenvalue weighted by atomic mass is 10.1. The Labute approximate surface area is 120 Å². The molecular formula is C16H22N2O2. The van der Waals surface area contributed by atoms with Gasteiger partial charge in [-0.1, -0.05) is 20.3 Å². The molecular weight excluding hydrogens is 252 g/mol. The van der Waals surface area contributed by atoms with Crippen LogP contribution in [0.1, 0.15) is 57.0 Å². The van der Waals surface area contributed by atoms with Gasteiger partial charge in [0.25, 0.3) is 0 Å². The topological polar surface area (TPSA) is 66.0 Å². The largest absolute Gasteiger partial charge is 0.466 e. The zero-order chi connectivity index (χ0) is 14.5. The summed E-state index contributed by atoms with van der Waals surface area (Å²) in [6.45, 7) is 4.22. The van der Waals surface area contributed by atoms with Crippen LogP contribution in [0.25, 0.3) is 0 Å². The third kappa shape index (κ3) is 3.86. The van der Waals surface area contributed by atoms with Crippen molar-refractivity contribution < 1.29 is 9.21 Å². The predicted octanol–water partition coefficient (Wildman–Crippen LogP) is 3.14. The van der Waals surface area contributed by atoms with Crippen LogP contribution in [0, 0.1) is 17.2 Å². The summed E-state index contributed by atoms with van der Waals surface area (Å²) in [5, 5.41) is 11.6. The number of nitrogens with zero attached hydrogens (tertiary/aromatic N) is 1. The van der Waals surface area contributed by atoms with Crippen molar-refractivity contribution in [3.05, 3.63) is 23.7 Å². The molecule has 0 bridgehead atoms. The molecule has 1 aromatic rings. The fraction of sp³-hybridized carbons (Fsp3) is 0.625. The van der Waals surface area contributed by atoms with Gasteiger partial charge in [0.1, 0.15) is 17.6 Å². The first-order valence-electron chi connectivity index (χ1n) is 7.41. The van der Waals surface area contributed by atoms with Crippen LogP contribution in [0.4, 0.5) is 0 Å². The van der Waals surface area contributed by atoms with E-state index in [4.69, 9.17) is 9.68 Å². The van der Waals surface area contributed by atoms with Gasteiger partial charge in [0.15, 0.2) is 0 Å². The number of furan rings is 1. The van der Waals surface area contributed by atoms with Gasteiger partial charge in [-0.3, -0.25) is 4.79 Å². The molecule has 0 aromatic carbocycles. The van der Waals surface area contributed by atoms with Gasteiger partial charge in [-0.05, 0) is 30.9 Å². The summed E-state index contributed by atoms with van der Waals surface area (Å²) in [4.78, 5) is 11.8. The third-order valence-corrected chi connectivity index (χ3v) is 3.82. The predicted molar refractivity (Wildman–Crippen MR) is 76.0 cm³/mol. The number of aryl methyl sites for hydroxylation is 1. The average molecular weight is 274 g/mol.